The highest BCUT2D eigenvalue weighted by atomic mass is 19.1. The topological polar surface area (TPSA) is 58.7 Å². The van der Waals surface area contributed by atoms with E-state index >= 15 is 0 Å². The van der Waals surface area contributed by atoms with Gasteiger partial charge in [-0.25, -0.2) is 4.39 Å². The van der Waals surface area contributed by atoms with Crippen LogP contribution in [0, 0.1) is 5.82 Å². The van der Waals surface area contributed by atoms with Crippen LogP contribution in [0.2, 0.25) is 0 Å². The molecule has 6 heteroatoms. The Hall–Kier alpha value is -1.92. The van der Waals surface area contributed by atoms with Crippen molar-refractivity contribution in [2.75, 3.05) is 19.7 Å². The van der Waals surface area contributed by atoms with Gasteiger partial charge in [0, 0.05) is 19.2 Å². The number of halogens is 1. The first kappa shape index (κ1) is 16.0. The number of β-amino-alcohol motifs (C(OH)–C–C–N with tert-alkyl or cyclic N) is 1. The van der Waals surface area contributed by atoms with E-state index in [2.05, 4.69) is 10.1 Å². The van der Waals surface area contributed by atoms with Crippen molar-refractivity contribution in [3.63, 3.8) is 0 Å². The molecule has 1 aliphatic heterocycles. The largest absolute Gasteiger partial charge is 0.491 e. The van der Waals surface area contributed by atoms with Gasteiger partial charge in [-0.05, 0) is 37.1 Å². The Balaban J connectivity index is 1.51. The lowest BCUT2D eigenvalue weighted by molar-refractivity contribution is 0.00284. The first-order valence-electron chi connectivity index (χ1n) is 7.84. The Morgan fingerprint density at radius 3 is 2.87 bits per heavy atom. The van der Waals surface area contributed by atoms with Gasteiger partial charge in [0.15, 0.2) is 5.76 Å². The fourth-order valence-corrected chi connectivity index (χ4v) is 2.76. The summed E-state index contributed by atoms with van der Waals surface area (Å²) in [4.78, 5) is 2.12. The number of aromatic nitrogens is 1. The van der Waals surface area contributed by atoms with Crippen LogP contribution in [0.25, 0.3) is 0 Å². The molecule has 1 aromatic carbocycles. The summed E-state index contributed by atoms with van der Waals surface area (Å²) in [5.74, 6) is 1.06. The maximum absolute atomic E-state index is 12.9. The van der Waals surface area contributed by atoms with Crippen LogP contribution >= 0.6 is 0 Å². The minimum absolute atomic E-state index is 0.186. The van der Waals surface area contributed by atoms with Crippen molar-refractivity contribution in [1.29, 1.82) is 0 Å². The van der Waals surface area contributed by atoms with Gasteiger partial charge in [-0.1, -0.05) is 12.1 Å². The van der Waals surface area contributed by atoms with Gasteiger partial charge in [0.1, 0.15) is 23.8 Å². The van der Waals surface area contributed by atoms with Crippen LogP contribution in [0.4, 0.5) is 4.39 Å². The van der Waals surface area contributed by atoms with Crippen LogP contribution in [0.5, 0.6) is 5.75 Å². The first-order valence-corrected chi connectivity index (χ1v) is 7.84. The molecule has 1 aromatic heterocycles. The zero-order chi connectivity index (χ0) is 16.3. The second-order valence-electron chi connectivity index (χ2n) is 6.07. The Morgan fingerprint density at radius 1 is 1.39 bits per heavy atom. The summed E-state index contributed by atoms with van der Waals surface area (Å²) < 4.78 is 23.7. The van der Waals surface area contributed by atoms with E-state index in [1.165, 1.54) is 12.1 Å². The minimum Gasteiger partial charge on any atom is -0.491 e. The average Bonchev–Trinajstić information content (AvgIpc) is 3.14. The lowest BCUT2D eigenvalue weighted by atomic mass is 10.1. The van der Waals surface area contributed by atoms with Gasteiger partial charge in [0.05, 0.1) is 12.2 Å². The summed E-state index contributed by atoms with van der Waals surface area (Å²) in [5.41, 5.74) is 0.0382. The normalized spacial score (nSPS) is 21.7. The third kappa shape index (κ3) is 4.09. The third-order valence-corrected chi connectivity index (χ3v) is 4.08. The predicted molar refractivity (Wildman–Crippen MR) is 82.6 cm³/mol. The van der Waals surface area contributed by atoms with Gasteiger partial charge < -0.3 is 14.4 Å². The Kier molecular flexibility index (Phi) is 4.63. The number of hydrogen-bond acceptors (Lipinski definition) is 5. The van der Waals surface area contributed by atoms with Crippen molar-refractivity contribution in [3.8, 4) is 5.75 Å². The second kappa shape index (κ2) is 6.68. The molecule has 1 N–H and O–H groups in total. The highest BCUT2D eigenvalue weighted by molar-refractivity contribution is 5.22. The molecular formula is C17H21FN2O3. The number of ether oxygens (including phenoxy) is 1. The van der Waals surface area contributed by atoms with E-state index in [-0.39, 0.29) is 12.4 Å². The SMILES string of the molecule is CCc1cc(CN2CC[C@](O)(COc3ccc(F)cc3)C2)on1. The van der Waals surface area contributed by atoms with Gasteiger partial charge in [0.2, 0.25) is 0 Å². The van der Waals surface area contributed by atoms with Crippen molar-refractivity contribution in [3.05, 3.63) is 47.6 Å². The summed E-state index contributed by atoms with van der Waals surface area (Å²) in [5, 5.41) is 14.6. The second-order valence-corrected chi connectivity index (χ2v) is 6.07. The quantitative estimate of drug-likeness (QED) is 0.885. The van der Waals surface area contributed by atoms with E-state index in [1.54, 1.807) is 12.1 Å². The molecule has 23 heavy (non-hydrogen) atoms. The molecule has 0 bridgehead atoms. The van der Waals surface area contributed by atoms with Crippen LogP contribution < -0.4 is 4.74 Å². The average molecular weight is 320 g/mol. The van der Waals surface area contributed by atoms with E-state index in [4.69, 9.17) is 9.26 Å². The molecule has 0 unspecified atom stereocenters. The molecule has 2 heterocycles. The fraction of sp³-hybridized carbons (Fsp3) is 0.471. The van der Waals surface area contributed by atoms with E-state index in [0.29, 0.717) is 25.3 Å². The van der Waals surface area contributed by atoms with Gasteiger partial charge in [-0.15, -0.1) is 0 Å². The van der Waals surface area contributed by atoms with E-state index in [9.17, 15) is 9.50 Å². The summed E-state index contributed by atoms with van der Waals surface area (Å²) in [7, 11) is 0. The monoisotopic (exact) mass is 320 g/mol. The lowest BCUT2D eigenvalue weighted by Crippen LogP contribution is -2.39. The third-order valence-electron chi connectivity index (χ3n) is 4.08. The number of hydrogen-bond donors (Lipinski definition) is 1. The minimum atomic E-state index is -0.901. The Morgan fingerprint density at radius 2 is 2.17 bits per heavy atom. The van der Waals surface area contributed by atoms with Crippen LogP contribution in [0.3, 0.4) is 0 Å². The van der Waals surface area contributed by atoms with Gasteiger partial charge >= 0.3 is 0 Å². The van der Waals surface area contributed by atoms with Crippen LogP contribution in [-0.2, 0) is 13.0 Å². The molecule has 1 saturated heterocycles. The number of aliphatic hydroxyl groups is 1. The van der Waals surface area contributed by atoms with Crippen molar-refractivity contribution >= 4 is 0 Å². The summed E-state index contributed by atoms with van der Waals surface area (Å²) in [6, 6.07) is 7.76. The zero-order valence-electron chi connectivity index (χ0n) is 13.2. The molecular weight excluding hydrogens is 299 g/mol. The van der Waals surface area contributed by atoms with Crippen molar-refractivity contribution in [2.24, 2.45) is 0 Å². The molecule has 2 aromatic rings. The van der Waals surface area contributed by atoms with Crippen molar-refractivity contribution in [1.82, 2.24) is 10.1 Å². The molecule has 0 saturated carbocycles. The van der Waals surface area contributed by atoms with E-state index in [0.717, 1.165) is 24.4 Å². The number of rotatable bonds is 6. The van der Waals surface area contributed by atoms with E-state index in [1.807, 2.05) is 13.0 Å². The first-order chi connectivity index (χ1) is 11.1. The summed E-state index contributed by atoms with van der Waals surface area (Å²) in [6.45, 7) is 4.13. The molecule has 1 aliphatic rings. The highest BCUT2D eigenvalue weighted by Gasteiger charge is 2.37. The standard InChI is InChI=1S/C17H21FN2O3/c1-2-14-9-16(23-19-14)10-20-8-7-17(21,11-20)12-22-15-5-3-13(18)4-6-15/h3-6,9,21H,2,7-8,10-12H2,1H3/t17-/m1/s1. The van der Waals surface area contributed by atoms with Crippen LogP contribution in [0.15, 0.2) is 34.9 Å². The lowest BCUT2D eigenvalue weighted by Gasteiger charge is -2.23. The number of likely N-dealkylation sites (tertiary alicyclic amines) is 1. The molecule has 5 nitrogen and oxygen atoms in total. The Labute approximate surface area is 134 Å². The van der Waals surface area contributed by atoms with Crippen molar-refractivity contribution in [2.45, 2.75) is 31.9 Å². The maximum Gasteiger partial charge on any atom is 0.150 e. The molecule has 0 amide bonds. The maximum atomic E-state index is 12.9. The predicted octanol–water partition coefficient (Wildman–Crippen LogP) is 2.39. The molecule has 0 spiro atoms. The molecule has 0 aliphatic carbocycles. The van der Waals surface area contributed by atoms with Crippen LogP contribution in [0.1, 0.15) is 24.8 Å². The van der Waals surface area contributed by atoms with Crippen molar-refractivity contribution < 1.29 is 18.8 Å². The fourth-order valence-electron chi connectivity index (χ4n) is 2.76. The molecule has 124 valence electrons. The molecule has 1 atom stereocenters. The highest BCUT2D eigenvalue weighted by Crippen LogP contribution is 2.24. The van der Waals surface area contributed by atoms with E-state index < -0.39 is 5.60 Å². The van der Waals surface area contributed by atoms with Crippen LogP contribution in [-0.4, -0.2) is 40.5 Å². The Bertz CT molecular complexity index is 644. The smallest absolute Gasteiger partial charge is 0.150 e. The van der Waals surface area contributed by atoms with Gasteiger partial charge in [0.25, 0.3) is 0 Å². The number of benzene rings is 1. The number of aryl methyl sites for hydroxylation is 1. The number of nitrogens with zero attached hydrogens (tertiary/aromatic N) is 2. The van der Waals surface area contributed by atoms with Gasteiger partial charge in [-0.2, -0.15) is 0 Å². The summed E-state index contributed by atoms with van der Waals surface area (Å²) in [6.07, 6.45) is 1.47. The summed E-state index contributed by atoms with van der Waals surface area (Å²) >= 11 is 0. The zero-order valence-corrected chi connectivity index (χ0v) is 13.2. The molecule has 0 radical (unpaired) electrons. The molecule has 1 fully saturated rings. The van der Waals surface area contributed by atoms with Gasteiger partial charge in [-0.3, -0.25) is 4.90 Å². The molecule has 3 rings (SSSR count).